The molecule has 0 fully saturated rings. The van der Waals surface area contributed by atoms with Gasteiger partial charge in [0.2, 0.25) is 0 Å². The molecule has 0 aliphatic heterocycles. The van der Waals surface area contributed by atoms with Crippen LogP contribution in [0.2, 0.25) is 0 Å². The van der Waals surface area contributed by atoms with E-state index >= 15 is 0 Å². The molecule has 0 N–H and O–H groups in total. The molecule has 1 heterocycles. The van der Waals surface area contributed by atoms with Crippen LogP contribution < -0.4 is 0 Å². The number of thiazole rings is 1. The first-order chi connectivity index (χ1) is 4.74. The summed E-state index contributed by atoms with van der Waals surface area (Å²) in [6.07, 6.45) is 0. The van der Waals surface area contributed by atoms with E-state index in [0.29, 0.717) is 6.61 Å². The number of ether oxygens (including phenoxy) is 1. The molecule has 0 aromatic carbocycles. The first kappa shape index (κ1) is 8.42. The minimum atomic E-state index is 0.628. The van der Waals surface area contributed by atoms with Crippen LogP contribution >= 0.6 is 33.9 Å². The van der Waals surface area contributed by atoms with Crippen molar-refractivity contribution < 1.29 is 4.74 Å². The minimum absolute atomic E-state index is 0.628. The zero-order chi connectivity index (χ0) is 7.56. The molecule has 0 spiro atoms. The van der Waals surface area contributed by atoms with Crippen molar-refractivity contribution in [3.63, 3.8) is 0 Å². The zero-order valence-electron chi connectivity index (χ0n) is 5.85. The molecule has 2 nitrogen and oxygen atoms in total. The summed E-state index contributed by atoms with van der Waals surface area (Å²) in [7, 11) is 1.69. The summed E-state index contributed by atoms with van der Waals surface area (Å²) in [6.45, 7) is 2.63. The molecule has 0 atom stereocenters. The number of halogens is 1. The summed E-state index contributed by atoms with van der Waals surface area (Å²) in [4.78, 5) is 4.29. The summed E-state index contributed by atoms with van der Waals surface area (Å²) < 4.78 is 6.19. The van der Waals surface area contributed by atoms with E-state index in [-0.39, 0.29) is 0 Å². The Morgan fingerprint density at radius 1 is 1.70 bits per heavy atom. The van der Waals surface area contributed by atoms with Crippen LogP contribution in [-0.2, 0) is 11.3 Å². The molecule has 56 valence electrons. The Kier molecular flexibility index (Phi) is 3.06. The highest BCUT2D eigenvalue weighted by atomic mass is 127. The largest absolute Gasteiger partial charge is 0.378 e. The Labute approximate surface area is 77.8 Å². The Balaban J connectivity index is 2.81. The number of hydrogen-bond donors (Lipinski definition) is 0. The van der Waals surface area contributed by atoms with Crippen LogP contribution in [0.25, 0.3) is 0 Å². The highest BCUT2D eigenvalue weighted by Crippen LogP contribution is 2.20. The third-order valence-corrected chi connectivity index (χ3v) is 3.12. The normalized spacial score (nSPS) is 10.3. The molecular weight excluding hydrogens is 261 g/mol. The van der Waals surface area contributed by atoms with E-state index in [1.807, 2.05) is 6.92 Å². The van der Waals surface area contributed by atoms with Crippen molar-refractivity contribution in [2.24, 2.45) is 0 Å². The van der Waals surface area contributed by atoms with E-state index in [1.54, 1.807) is 18.4 Å². The fourth-order valence-corrected chi connectivity index (χ4v) is 2.54. The molecule has 0 aliphatic carbocycles. The van der Waals surface area contributed by atoms with E-state index in [9.17, 15) is 0 Å². The van der Waals surface area contributed by atoms with Gasteiger partial charge in [0.15, 0.2) is 0 Å². The number of aryl methyl sites for hydroxylation is 1. The standard InChI is InChI=1S/C6H8INOS/c1-4-8-5(3-9-2)6(7)10-4/h3H2,1-2H3. The van der Waals surface area contributed by atoms with Crippen molar-refractivity contribution in [1.82, 2.24) is 4.98 Å². The second-order valence-corrected chi connectivity index (χ2v) is 4.90. The van der Waals surface area contributed by atoms with Crippen molar-refractivity contribution >= 4 is 33.9 Å². The summed E-state index contributed by atoms with van der Waals surface area (Å²) in [6, 6.07) is 0. The molecule has 0 radical (unpaired) electrons. The van der Waals surface area contributed by atoms with Crippen LogP contribution in [0.1, 0.15) is 10.7 Å². The van der Waals surface area contributed by atoms with Crippen molar-refractivity contribution in [2.45, 2.75) is 13.5 Å². The maximum atomic E-state index is 4.96. The van der Waals surface area contributed by atoms with Crippen molar-refractivity contribution in [2.75, 3.05) is 7.11 Å². The first-order valence-corrected chi connectivity index (χ1v) is 4.74. The molecular formula is C6H8INOS. The Morgan fingerprint density at radius 3 is 2.80 bits per heavy atom. The number of nitrogens with zero attached hydrogens (tertiary/aromatic N) is 1. The van der Waals surface area contributed by atoms with Crippen molar-refractivity contribution in [3.8, 4) is 0 Å². The summed E-state index contributed by atoms with van der Waals surface area (Å²) >= 11 is 3.99. The lowest BCUT2D eigenvalue weighted by molar-refractivity contribution is 0.181. The van der Waals surface area contributed by atoms with Gasteiger partial charge in [-0.2, -0.15) is 0 Å². The van der Waals surface area contributed by atoms with Gasteiger partial charge < -0.3 is 4.74 Å². The molecule has 10 heavy (non-hydrogen) atoms. The minimum Gasteiger partial charge on any atom is -0.378 e. The van der Waals surface area contributed by atoms with Gasteiger partial charge in [0.25, 0.3) is 0 Å². The second kappa shape index (κ2) is 3.64. The first-order valence-electron chi connectivity index (χ1n) is 2.84. The van der Waals surface area contributed by atoms with Gasteiger partial charge in [-0.05, 0) is 29.5 Å². The number of rotatable bonds is 2. The van der Waals surface area contributed by atoms with E-state index in [0.717, 1.165) is 10.7 Å². The zero-order valence-corrected chi connectivity index (χ0v) is 8.82. The van der Waals surface area contributed by atoms with Crippen LogP contribution in [0, 0.1) is 9.81 Å². The van der Waals surface area contributed by atoms with E-state index in [4.69, 9.17) is 4.74 Å². The number of methoxy groups -OCH3 is 1. The molecule has 0 saturated heterocycles. The maximum Gasteiger partial charge on any atom is 0.0910 e. The lowest BCUT2D eigenvalue weighted by atomic mass is 10.5. The average molecular weight is 269 g/mol. The smallest absolute Gasteiger partial charge is 0.0910 e. The topological polar surface area (TPSA) is 22.1 Å². The van der Waals surface area contributed by atoms with Crippen LogP contribution in [0.4, 0.5) is 0 Å². The maximum absolute atomic E-state index is 4.96. The molecule has 0 saturated carbocycles. The predicted octanol–water partition coefficient (Wildman–Crippen LogP) is 2.20. The third kappa shape index (κ3) is 1.90. The van der Waals surface area contributed by atoms with Gasteiger partial charge in [-0.1, -0.05) is 0 Å². The van der Waals surface area contributed by atoms with Crippen LogP contribution in [0.5, 0.6) is 0 Å². The molecule has 0 amide bonds. The molecule has 1 aromatic heterocycles. The fourth-order valence-electron chi connectivity index (χ4n) is 0.671. The Hall–Kier alpha value is 0.320. The summed E-state index contributed by atoms with van der Waals surface area (Å²) in [5, 5.41) is 1.11. The Bertz CT molecular complexity index is 224. The molecule has 0 bridgehead atoms. The molecule has 1 rings (SSSR count). The van der Waals surface area contributed by atoms with E-state index < -0.39 is 0 Å². The molecule has 0 unspecified atom stereocenters. The fraction of sp³-hybridized carbons (Fsp3) is 0.500. The summed E-state index contributed by atoms with van der Waals surface area (Å²) in [5.74, 6) is 0. The molecule has 0 aliphatic rings. The van der Waals surface area contributed by atoms with Crippen LogP contribution in [-0.4, -0.2) is 12.1 Å². The van der Waals surface area contributed by atoms with Crippen LogP contribution in [0.3, 0.4) is 0 Å². The van der Waals surface area contributed by atoms with Gasteiger partial charge in [-0.25, -0.2) is 4.98 Å². The van der Waals surface area contributed by atoms with Gasteiger partial charge in [0.05, 0.1) is 20.2 Å². The summed E-state index contributed by atoms with van der Waals surface area (Å²) in [5.41, 5.74) is 1.06. The number of hydrogen-bond acceptors (Lipinski definition) is 3. The van der Waals surface area contributed by atoms with E-state index in [1.165, 1.54) is 2.88 Å². The lowest BCUT2D eigenvalue weighted by Crippen LogP contribution is -1.89. The second-order valence-electron chi connectivity index (χ2n) is 1.89. The van der Waals surface area contributed by atoms with Gasteiger partial charge in [-0.3, -0.25) is 0 Å². The number of aromatic nitrogens is 1. The molecule has 4 heteroatoms. The highest BCUT2D eigenvalue weighted by Gasteiger charge is 2.03. The quantitative estimate of drug-likeness (QED) is 0.768. The van der Waals surface area contributed by atoms with E-state index in [2.05, 4.69) is 27.6 Å². The van der Waals surface area contributed by atoms with Gasteiger partial charge in [0.1, 0.15) is 0 Å². The highest BCUT2D eigenvalue weighted by molar-refractivity contribution is 14.1. The Morgan fingerprint density at radius 2 is 2.40 bits per heavy atom. The monoisotopic (exact) mass is 269 g/mol. The van der Waals surface area contributed by atoms with Gasteiger partial charge >= 0.3 is 0 Å². The molecule has 1 aromatic rings. The van der Waals surface area contributed by atoms with Gasteiger partial charge in [-0.15, -0.1) is 11.3 Å². The predicted molar refractivity (Wildman–Crippen MR) is 50.3 cm³/mol. The lowest BCUT2D eigenvalue weighted by Gasteiger charge is -1.91. The van der Waals surface area contributed by atoms with Crippen molar-refractivity contribution in [3.05, 3.63) is 13.6 Å². The van der Waals surface area contributed by atoms with Crippen molar-refractivity contribution in [1.29, 1.82) is 0 Å². The van der Waals surface area contributed by atoms with Gasteiger partial charge in [0, 0.05) is 7.11 Å². The van der Waals surface area contributed by atoms with Crippen LogP contribution in [0.15, 0.2) is 0 Å². The average Bonchev–Trinajstić information content (AvgIpc) is 2.13. The third-order valence-electron chi connectivity index (χ3n) is 1.04. The SMILES string of the molecule is COCc1nc(C)sc1I.